The maximum atomic E-state index is 3.22. The van der Waals surface area contributed by atoms with Gasteiger partial charge in [-0.05, 0) is 0 Å². The van der Waals surface area contributed by atoms with Crippen molar-refractivity contribution in [3.63, 3.8) is 0 Å². The fourth-order valence-corrected chi connectivity index (χ4v) is 3.98. The zero-order chi connectivity index (χ0) is 6.81. The van der Waals surface area contributed by atoms with Crippen LogP contribution in [0.5, 0.6) is 0 Å². The molecule has 0 atom stereocenters. The zero-order valence-corrected chi connectivity index (χ0v) is 8.05. The predicted octanol–water partition coefficient (Wildman–Crippen LogP) is 0.447. The van der Waals surface area contributed by atoms with Gasteiger partial charge < -0.3 is 0 Å². The SMILES string of the molecule is N1SSNC1C1NSSN1. The summed E-state index contributed by atoms with van der Waals surface area (Å²) in [4.78, 5) is 0. The van der Waals surface area contributed by atoms with Gasteiger partial charge in [0.05, 0.1) is 0 Å². The molecule has 10 heavy (non-hydrogen) atoms. The van der Waals surface area contributed by atoms with Gasteiger partial charge in [0.15, 0.2) is 0 Å². The van der Waals surface area contributed by atoms with Gasteiger partial charge >= 0.3 is 0 Å². The third-order valence-corrected chi connectivity index (χ3v) is 4.34. The summed E-state index contributed by atoms with van der Waals surface area (Å²) in [6.07, 6.45) is 0.634. The normalized spacial score (nSPS) is 30.0. The first-order valence-corrected chi connectivity index (χ1v) is 6.94. The second-order valence-corrected chi connectivity index (χ2v) is 5.37. The predicted molar refractivity (Wildman–Crippen MR) is 50.5 cm³/mol. The van der Waals surface area contributed by atoms with Gasteiger partial charge in [0, 0.05) is 43.9 Å². The van der Waals surface area contributed by atoms with Gasteiger partial charge in [-0.25, -0.2) is 18.9 Å². The Bertz CT molecular complexity index is 95.8. The summed E-state index contributed by atoms with van der Waals surface area (Å²) in [5.74, 6) is 0. The molecule has 0 aromatic heterocycles. The van der Waals surface area contributed by atoms with Crippen LogP contribution in [0.15, 0.2) is 0 Å². The van der Waals surface area contributed by atoms with Crippen LogP contribution in [0.3, 0.4) is 0 Å². The molecule has 58 valence electrons. The maximum absolute atomic E-state index is 3.22. The van der Waals surface area contributed by atoms with Crippen molar-refractivity contribution in [2.45, 2.75) is 12.3 Å². The third-order valence-electron chi connectivity index (χ3n) is 1.12. The molecule has 0 amide bonds. The Labute approximate surface area is 75.1 Å². The molecule has 2 rings (SSSR count). The van der Waals surface area contributed by atoms with Crippen molar-refractivity contribution in [2.75, 3.05) is 0 Å². The number of rotatable bonds is 1. The van der Waals surface area contributed by atoms with E-state index in [2.05, 4.69) is 18.9 Å². The van der Waals surface area contributed by atoms with Crippen molar-refractivity contribution >= 4 is 43.9 Å². The largest absolute Gasteiger partial charge is 0.233 e. The topological polar surface area (TPSA) is 48.1 Å². The highest BCUT2D eigenvalue weighted by Crippen LogP contribution is 2.27. The summed E-state index contributed by atoms with van der Waals surface area (Å²) in [6, 6.07) is 0. The van der Waals surface area contributed by atoms with E-state index >= 15 is 0 Å². The van der Waals surface area contributed by atoms with Crippen molar-refractivity contribution in [3.8, 4) is 0 Å². The van der Waals surface area contributed by atoms with E-state index in [0.717, 1.165) is 0 Å². The van der Waals surface area contributed by atoms with E-state index in [-0.39, 0.29) is 0 Å². The molecule has 8 heteroatoms. The van der Waals surface area contributed by atoms with Crippen molar-refractivity contribution in [1.82, 2.24) is 18.9 Å². The Morgan fingerprint density at radius 2 is 0.900 bits per heavy atom. The fourth-order valence-electron chi connectivity index (χ4n) is 0.624. The number of hydrogen-bond donors (Lipinski definition) is 4. The van der Waals surface area contributed by atoms with E-state index in [0.29, 0.717) is 12.3 Å². The highest BCUT2D eigenvalue weighted by Gasteiger charge is 2.28. The van der Waals surface area contributed by atoms with Crippen molar-refractivity contribution in [2.24, 2.45) is 0 Å². The quantitative estimate of drug-likeness (QED) is 0.371. The molecule has 0 aromatic rings. The van der Waals surface area contributed by atoms with Crippen LogP contribution in [-0.2, 0) is 0 Å². The summed E-state index contributed by atoms with van der Waals surface area (Å²) in [5, 5.41) is 0. The lowest BCUT2D eigenvalue weighted by atomic mass is 10.4. The first-order valence-electron chi connectivity index (χ1n) is 2.64. The average Bonchev–Trinajstić information content (AvgIpc) is 2.59. The molecule has 4 N–H and O–H groups in total. The van der Waals surface area contributed by atoms with E-state index in [1.165, 1.54) is 0 Å². The van der Waals surface area contributed by atoms with Gasteiger partial charge in [-0.2, -0.15) is 0 Å². The molecule has 0 unspecified atom stereocenters. The van der Waals surface area contributed by atoms with Crippen LogP contribution in [0.2, 0.25) is 0 Å². The van der Waals surface area contributed by atoms with Crippen LogP contribution in [-0.4, -0.2) is 12.3 Å². The smallest absolute Gasteiger partial charge is 0.108 e. The average molecular weight is 214 g/mol. The van der Waals surface area contributed by atoms with Gasteiger partial charge in [-0.1, -0.05) is 0 Å². The standard InChI is InChI=1S/C2H6N4S4/c3-1(4-8-7-3)2-5-9-10-6-2/h1-6H. The van der Waals surface area contributed by atoms with Crippen molar-refractivity contribution in [1.29, 1.82) is 0 Å². The molecule has 4 nitrogen and oxygen atoms in total. The van der Waals surface area contributed by atoms with Crippen LogP contribution < -0.4 is 18.9 Å². The lowest BCUT2D eigenvalue weighted by Gasteiger charge is -2.14. The molecule has 2 heterocycles. The molecule has 0 bridgehead atoms. The lowest BCUT2D eigenvalue weighted by Crippen LogP contribution is -2.50. The Hall–Kier alpha value is 1.24. The van der Waals surface area contributed by atoms with E-state index in [1.807, 2.05) is 0 Å². The molecular weight excluding hydrogens is 208 g/mol. The van der Waals surface area contributed by atoms with E-state index in [1.54, 1.807) is 43.9 Å². The van der Waals surface area contributed by atoms with Gasteiger partial charge in [-0.15, -0.1) is 0 Å². The summed E-state index contributed by atoms with van der Waals surface area (Å²) in [5.41, 5.74) is 0. The first kappa shape index (κ1) is 7.87. The van der Waals surface area contributed by atoms with Gasteiger partial charge in [0.25, 0.3) is 0 Å². The molecule has 0 aliphatic carbocycles. The number of hydrogen-bond acceptors (Lipinski definition) is 8. The highest BCUT2D eigenvalue weighted by atomic mass is 33.1. The Morgan fingerprint density at radius 1 is 0.600 bits per heavy atom. The summed E-state index contributed by atoms with van der Waals surface area (Å²) >= 11 is 0. The lowest BCUT2D eigenvalue weighted by molar-refractivity contribution is 0.468. The minimum atomic E-state index is 0.317. The van der Waals surface area contributed by atoms with Crippen LogP contribution in [0.4, 0.5) is 0 Å². The summed E-state index contributed by atoms with van der Waals surface area (Å²) in [6.45, 7) is 0. The minimum absolute atomic E-state index is 0.317. The molecule has 0 radical (unpaired) electrons. The molecule has 0 aromatic carbocycles. The van der Waals surface area contributed by atoms with E-state index in [9.17, 15) is 0 Å². The molecule has 2 aliphatic rings. The Morgan fingerprint density at radius 3 is 1.20 bits per heavy atom. The Balaban J connectivity index is 1.85. The van der Waals surface area contributed by atoms with Crippen LogP contribution in [0.1, 0.15) is 0 Å². The van der Waals surface area contributed by atoms with Gasteiger partial charge in [0.1, 0.15) is 12.3 Å². The third kappa shape index (κ3) is 1.69. The van der Waals surface area contributed by atoms with Crippen molar-refractivity contribution in [3.05, 3.63) is 0 Å². The monoisotopic (exact) mass is 214 g/mol. The van der Waals surface area contributed by atoms with Crippen LogP contribution in [0.25, 0.3) is 0 Å². The zero-order valence-electron chi connectivity index (χ0n) is 4.79. The van der Waals surface area contributed by atoms with Crippen LogP contribution in [0, 0.1) is 0 Å². The van der Waals surface area contributed by atoms with E-state index in [4.69, 9.17) is 0 Å². The molecule has 2 aliphatic heterocycles. The Kier molecular flexibility index (Phi) is 2.96. The molecular formula is C2H6N4S4. The van der Waals surface area contributed by atoms with Crippen LogP contribution >= 0.6 is 43.9 Å². The molecule has 0 saturated carbocycles. The van der Waals surface area contributed by atoms with Gasteiger partial charge in [0.2, 0.25) is 0 Å². The minimum Gasteiger partial charge on any atom is -0.233 e. The molecule has 2 fully saturated rings. The van der Waals surface area contributed by atoms with Gasteiger partial charge in [-0.3, -0.25) is 0 Å². The number of nitrogens with one attached hydrogen (secondary N) is 4. The second kappa shape index (κ2) is 3.76. The molecule has 2 saturated heterocycles. The first-order chi connectivity index (χ1) is 4.97. The van der Waals surface area contributed by atoms with Crippen molar-refractivity contribution < 1.29 is 0 Å². The summed E-state index contributed by atoms with van der Waals surface area (Å²) < 4.78 is 12.9. The second-order valence-electron chi connectivity index (χ2n) is 1.76. The fraction of sp³-hybridized carbons (Fsp3) is 1.00. The summed E-state index contributed by atoms with van der Waals surface area (Å²) in [7, 11) is 6.50. The maximum Gasteiger partial charge on any atom is 0.108 e. The van der Waals surface area contributed by atoms with E-state index < -0.39 is 0 Å². The highest BCUT2D eigenvalue weighted by molar-refractivity contribution is 8.76. The molecule has 0 spiro atoms.